The number of nitrogen functional groups attached to an aromatic ring is 1. The lowest BCUT2D eigenvalue weighted by molar-refractivity contribution is 0.0956. The minimum Gasteiger partial charge on any atom is -0.392 e. The van der Waals surface area contributed by atoms with E-state index in [0.717, 1.165) is 28.6 Å². The number of amides is 1. The zero-order chi connectivity index (χ0) is 14.1. The number of carbonyl (C=O) groups is 1. The van der Waals surface area contributed by atoms with E-state index in [4.69, 9.17) is 5.84 Å². The highest BCUT2D eigenvalue weighted by atomic mass is 32.1. The molecule has 1 aliphatic rings. The van der Waals surface area contributed by atoms with Crippen LogP contribution in [0.25, 0.3) is 10.1 Å². The molecule has 1 aromatic heterocycles. The Kier molecular flexibility index (Phi) is 3.71. The Morgan fingerprint density at radius 2 is 2.30 bits per heavy atom. The van der Waals surface area contributed by atoms with Gasteiger partial charge in [0.1, 0.15) is 0 Å². The van der Waals surface area contributed by atoms with Gasteiger partial charge in [-0.2, -0.15) is 0 Å². The van der Waals surface area contributed by atoms with E-state index in [1.54, 1.807) is 0 Å². The number of fused-ring (bicyclic) bond motifs is 1. The number of aliphatic hydroxyl groups is 1. The van der Waals surface area contributed by atoms with E-state index in [1.165, 1.54) is 11.3 Å². The number of aliphatic hydroxyl groups excluding tert-OH is 1. The third-order valence-corrected chi connectivity index (χ3v) is 4.88. The molecular formula is C14H17N3O2S. The van der Waals surface area contributed by atoms with Crippen molar-refractivity contribution in [1.29, 1.82) is 0 Å². The molecule has 0 aliphatic carbocycles. The lowest BCUT2D eigenvalue weighted by Gasteiger charge is -2.15. The normalized spacial score (nSPS) is 19.6. The van der Waals surface area contributed by atoms with Gasteiger partial charge in [-0.05, 0) is 23.4 Å². The topological polar surface area (TPSA) is 78.6 Å². The van der Waals surface area contributed by atoms with Gasteiger partial charge in [0.25, 0.3) is 5.91 Å². The van der Waals surface area contributed by atoms with E-state index < -0.39 is 0 Å². The number of rotatable bonds is 3. The van der Waals surface area contributed by atoms with Crippen molar-refractivity contribution in [3.8, 4) is 0 Å². The molecule has 0 bridgehead atoms. The molecule has 0 radical (unpaired) electrons. The third-order valence-electron chi connectivity index (χ3n) is 3.66. The van der Waals surface area contributed by atoms with Crippen molar-refractivity contribution in [1.82, 2.24) is 10.3 Å². The number of carbonyl (C=O) groups excluding carboxylic acids is 1. The van der Waals surface area contributed by atoms with Crippen LogP contribution in [0.1, 0.15) is 21.7 Å². The summed E-state index contributed by atoms with van der Waals surface area (Å²) in [6.45, 7) is 2.19. The van der Waals surface area contributed by atoms with Gasteiger partial charge in [-0.25, -0.2) is 5.84 Å². The lowest BCUT2D eigenvalue weighted by Crippen LogP contribution is -2.31. The Balaban J connectivity index is 2.00. The molecule has 1 aliphatic heterocycles. The number of β-amino-alcohol motifs (C(OH)–C–C–N with tert-alkyl or cyclic N) is 1. The van der Waals surface area contributed by atoms with Crippen LogP contribution in [-0.2, 0) is 6.54 Å². The summed E-state index contributed by atoms with van der Waals surface area (Å²) < 4.78 is 1.08. The van der Waals surface area contributed by atoms with Crippen LogP contribution in [0.3, 0.4) is 0 Å². The van der Waals surface area contributed by atoms with Crippen LogP contribution >= 0.6 is 11.3 Å². The van der Waals surface area contributed by atoms with Crippen molar-refractivity contribution in [2.24, 2.45) is 5.84 Å². The molecule has 106 valence electrons. The van der Waals surface area contributed by atoms with E-state index in [1.807, 2.05) is 24.3 Å². The van der Waals surface area contributed by atoms with Crippen LogP contribution in [-0.4, -0.2) is 35.1 Å². The first kappa shape index (κ1) is 13.5. The average Bonchev–Trinajstić information content (AvgIpc) is 3.03. The lowest BCUT2D eigenvalue weighted by atomic mass is 10.1. The zero-order valence-corrected chi connectivity index (χ0v) is 11.8. The minimum atomic E-state index is -0.258. The van der Waals surface area contributed by atoms with E-state index in [0.29, 0.717) is 18.0 Å². The number of nitrogens with two attached hydrogens (primary N) is 1. The van der Waals surface area contributed by atoms with Gasteiger partial charge in [0.2, 0.25) is 0 Å². The van der Waals surface area contributed by atoms with Crippen molar-refractivity contribution in [2.75, 3.05) is 13.1 Å². The van der Waals surface area contributed by atoms with Gasteiger partial charge in [0.15, 0.2) is 0 Å². The van der Waals surface area contributed by atoms with E-state index in [9.17, 15) is 9.90 Å². The van der Waals surface area contributed by atoms with Crippen molar-refractivity contribution >= 4 is 27.3 Å². The Hall–Kier alpha value is -1.47. The van der Waals surface area contributed by atoms with Crippen LogP contribution in [0.2, 0.25) is 0 Å². The number of nitrogens with zero attached hydrogens (tertiary/aromatic N) is 1. The zero-order valence-electron chi connectivity index (χ0n) is 11.0. The molecule has 4 N–H and O–H groups in total. The van der Waals surface area contributed by atoms with Crippen LogP contribution in [0, 0.1) is 0 Å². The van der Waals surface area contributed by atoms with Crippen molar-refractivity contribution < 1.29 is 9.90 Å². The Labute approximate surface area is 121 Å². The molecule has 3 rings (SSSR count). The average molecular weight is 291 g/mol. The highest BCUT2D eigenvalue weighted by Crippen LogP contribution is 2.32. The maximum Gasteiger partial charge on any atom is 0.275 e. The van der Waals surface area contributed by atoms with E-state index in [2.05, 4.69) is 10.3 Å². The predicted molar refractivity (Wildman–Crippen MR) is 79.4 cm³/mol. The van der Waals surface area contributed by atoms with Crippen LogP contribution < -0.4 is 11.3 Å². The van der Waals surface area contributed by atoms with Crippen molar-refractivity contribution in [2.45, 2.75) is 19.1 Å². The molecule has 1 amide bonds. The quantitative estimate of drug-likeness (QED) is 0.449. The van der Waals surface area contributed by atoms with Gasteiger partial charge in [-0.1, -0.05) is 18.2 Å². The molecule has 1 saturated heterocycles. The predicted octanol–water partition coefficient (Wildman–Crippen LogP) is 1.07. The van der Waals surface area contributed by atoms with Gasteiger partial charge >= 0.3 is 0 Å². The van der Waals surface area contributed by atoms with E-state index >= 15 is 0 Å². The molecule has 1 aromatic carbocycles. The second-order valence-electron chi connectivity index (χ2n) is 5.06. The molecule has 5 nitrogen and oxygen atoms in total. The number of benzene rings is 1. The van der Waals surface area contributed by atoms with E-state index in [-0.39, 0.29) is 12.0 Å². The number of hydrogen-bond donors (Lipinski definition) is 3. The highest BCUT2D eigenvalue weighted by Gasteiger charge is 2.24. The second kappa shape index (κ2) is 5.49. The van der Waals surface area contributed by atoms with Gasteiger partial charge < -0.3 is 5.11 Å². The summed E-state index contributed by atoms with van der Waals surface area (Å²) >= 11 is 1.46. The number of hydrazine groups is 1. The van der Waals surface area contributed by atoms with Gasteiger partial charge in [0, 0.05) is 24.3 Å². The first-order chi connectivity index (χ1) is 9.69. The number of hydrogen-bond acceptors (Lipinski definition) is 5. The number of nitrogens with one attached hydrogen (secondary N) is 1. The Morgan fingerprint density at radius 3 is 3.00 bits per heavy atom. The highest BCUT2D eigenvalue weighted by molar-refractivity contribution is 7.21. The largest absolute Gasteiger partial charge is 0.392 e. The molecule has 1 fully saturated rings. The number of likely N-dealkylation sites (tertiary alicyclic amines) is 1. The van der Waals surface area contributed by atoms with Gasteiger partial charge in [-0.15, -0.1) is 11.3 Å². The Morgan fingerprint density at radius 1 is 1.50 bits per heavy atom. The summed E-state index contributed by atoms with van der Waals surface area (Å²) in [4.78, 5) is 14.8. The van der Waals surface area contributed by atoms with Crippen molar-refractivity contribution in [3.05, 3.63) is 34.7 Å². The Bertz CT molecular complexity index is 640. The third kappa shape index (κ3) is 2.43. The fraction of sp³-hybridized carbons (Fsp3) is 0.357. The smallest absolute Gasteiger partial charge is 0.275 e. The molecule has 0 spiro atoms. The summed E-state index contributed by atoms with van der Waals surface area (Å²) in [5.74, 6) is 5.03. The second-order valence-corrected chi connectivity index (χ2v) is 6.11. The van der Waals surface area contributed by atoms with Gasteiger partial charge in [0.05, 0.1) is 11.0 Å². The molecule has 20 heavy (non-hydrogen) atoms. The van der Waals surface area contributed by atoms with Crippen molar-refractivity contribution in [3.63, 3.8) is 0 Å². The summed E-state index contributed by atoms with van der Waals surface area (Å²) in [5, 5.41) is 10.7. The maximum absolute atomic E-state index is 11.9. The summed E-state index contributed by atoms with van der Waals surface area (Å²) in [7, 11) is 0. The fourth-order valence-corrected chi connectivity index (χ4v) is 3.80. The summed E-state index contributed by atoms with van der Waals surface area (Å²) in [5.41, 5.74) is 3.22. The number of thiophene rings is 1. The standard InChI is InChI=1S/C14H17N3O2S/c15-16-14(19)13-11(8-17-6-5-9(18)7-17)10-3-1-2-4-12(10)20-13/h1-4,9,18H,5-8,15H2,(H,16,19). The SMILES string of the molecule is NNC(=O)c1sc2ccccc2c1CN1CCC(O)C1. The molecule has 0 saturated carbocycles. The summed E-state index contributed by atoms with van der Waals surface area (Å²) in [6, 6.07) is 7.98. The molecule has 2 heterocycles. The molecule has 1 atom stereocenters. The van der Waals surface area contributed by atoms with Gasteiger partial charge in [-0.3, -0.25) is 15.1 Å². The van der Waals surface area contributed by atoms with Crippen LogP contribution in [0.4, 0.5) is 0 Å². The van der Waals surface area contributed by atoms with Crippen LogP contribution in [0.5, 0.6) is 0 Å². The molecule has 6 heteroatoms. The fourth-order valence-electron chi connectivity index (χ4n) is 2.68. The minimum absolute atomic E-state index is 0.249. The van der Waals surface area contributed by atoms with Crippen LogP contribution in [0.15, 0.2) is 24.3 Å². The molecular weight excluding hydrogens is 274 g/mol. The molecule has 1 unspecified atom stereocenters. The summed E-state index contributed by atoms with van der Waals surface area (Å²) in [6.07, 6.45) is 0.534. The first-order valence-electron chi connectivity index (χ1n) is 6.61. The maximum atomic E-state index is 11.9. The molecule has 2 aromatic rings. The first-order valence-corrected chi connectivity index (χ1v) is 7.42. The monoisotopic (exact) mass is 291 g/mol.